The average Bonchev–Trinajstić information content (AvgIpc) is 3.08. The normalized spacial score (nSPS) is 18.0. The van der Waals surface area contributed by atoms with E-state index < -0.39 is 10.0 Å². The first-order chi connectivity index (χ1) is 7.99. The van der Waals surface area contributed by atoms with E-state index in [1.54, 1.807) is 6.07 Å². The van der Waals surface area contributed by atoms with Gasteiger partial charge in [-0.15, -0.1) is 0 Å². The highest BCUT2D eigenvalue weighted by atomic mass is 35.5. The monoisotopic (exact) mass is 275 g/mol. The van der Waals surface area contributed by atoms with Crippen LogP contribution in [0.1, 0.15) is 12.8 Å². The highest BCUT2D eigenvalue weighted by molar-refractivity contribution is 7.89. The van der Waals surface area contributed by atoms with Crippen LogP contribution in [-0.4, -0.2) is 32.5 Å². The summed E-state index contributed by atoms with van der Waals surface area (Å²) in [6, 6.07) is 2.99. The summed E-state index contributed by atoms with van der Waals surface area (Å²) in [4.78, 5) is 3.78. The molecule has 0 amide bonds. The zero-order valence-electron chi connectivity index (χ0n) is 9.40. The summed E-state index contributed by atoms with van der Waals surface area (Å²) >= 11 is 5.76. The fraction of sp³-hybridized carbons (Fsp3) is 0.500. The maximum Gasteiger partial charge on any atom is 0.243 e. The number of aromatic nitrogens is 1. The van der Waals surface area contributed by atoms with Gasteiger partial charge in [0.25, 0.3) is 0 Å². The first-order valence-corrected chi connectivity index (χ1v) is 7.14. The molecule has 2 N–H and O–H groups in total. The summed E-state index contributed by atoms with van der Waals surface area (Å²) in [6.07, 6.45) is 3.41. The van der Waals surface area contributed by atoms with Crippen LogP contribution in [0.15, 0.2) is 23.2 Å². The van der Waals surface area contributed by atoms with Crippen molar-refractivity contribution >= 4 is 21.6 Å². The molecule has 7 heteroatoms. The summed E-state index contributed by atoms with van der Waals surface area (Å²) in [5.74, 6) is 0. The molecular formula is C10H14ClN3O2S. The molecule has 17 heavy (non-hydrogen) atoms. The largest absolute Gasteiger partial charge is 0.313 e. The summed E-state index contributed by atoms with van der Waals surface area (Å²) in [5.41, 5.74) is -0.0816. The van der Waals surface area contributed by atoms with Crippen LogP contribution in [0.4, 0.5) is 0 Å². The molecule has 0 atom stereocenters. The Labute approximate surface area is 106 Å². The summed E-state index contributed by atoms with van der Waals surface area (Å²) in [5, 5.41) is 3.11. The van der Waals surface area contributed by atoms with Crippen LogP contribution >= 0.6 is 11.6 Å². The van der Waals surface area contributed by atoms with E-state index in [-0.39, 0.29) is 15.6 Å². The number of sulfonamides is 1. The van der Waals surface area contributed by atoms with Gasteiger partial charge in [0.15, 0.2) is 0 Å². The van der Waals surface area contributed by atoms with Crippen LogP contribution in [0.2, 0.25) is 5.15 Å². The fourth-order valence-electron chi connectivity index (χ4n) is 1.55. The van der Waals surface area contributed by atoms with Gasteiger partial charge in [0.2, 0.25) is 10.0 Å². The second-order valence-corrected chi connectivity index (χ2v) is 6.24. The first-order valence-electron chi connectivity index (χ1n) is 5.28. The lowest BCUT2D eigenvalue weighted by atomic mass is 10.3. The van der Waals surface area contributed by atoms with E-state index in [0.717, 1.165) is 12.8 Å². The van der Waals surface area contributed by atoms with E-state index in [9.17, 15) is 8.42 Å². The molecule has 1 heterocycles. The number of hydrogen-bond acceptors (Lipinski definition) is 4. The summed E-state index contributed by atoms with van der Waals surface area (Å²) < 4.78 is 26.5. The zero-order chi connectivity index (χ0) is 12.5. The predicted molar refractivity (Wildman–Crippen MR) is 65.5 cm³/mol. The van der Waals surface area contributed by atoms with Gasteiger partial charge >= 0.3 is 0 Å². The van der Waals surface area contributed by atoms with Crippen LogP contribution < -0.4 is 10.0 Å². The van der Waals surface area contributed by atoms with Crippen molar-refractivity contribution in [3.05, 3.63) is 23.5 Å². The average molecular weight is 276 g/mol. The number of pyridine rings is 1. The Morgan fingerprint density at radius 3 is 2.76 bits per heavy atom. The van der Waals surface area contributed by atoms with Crippen LogP contribution in [-0.2, 0) is 10.0 Å². The Morgan fingerprint density at radius 2 is 2.24 bits per heavy atom. The lowest BCUT2D eigenvalue weighted by Gasteiger charge is -2.15. The molecule has 0 spiro atoms. The second-order valence-electron chi connectivity index (χ2n) is 4.15. The van der Waals surface area contributed by atoms with Crippen LogP contribution in [0.25, 0.3) is 0 Å². The molecule has 0 aliphatic heterocycles. The van der Waals surface area contributed by atoms with Crippen LogP contribution in [0, 0.1) is 0 Å². The Hall–Kier alpha value is -0.690. The molecule has 5 nitrogen and oxygen atoms in total. The minimum Gasteiger partial charge on any atom is -0.313 e. The highest BCUT2D eigenvalue weighted by Crippen LogP contribution is 2.34. The molecular weight excluding hydrogens is 262 g/mol. The molecule has 1 fully saturated rings. The molecule has 1 aliphatic carbocycles. The van der Waals surface area contributed by atoms with Crippen molar-refractivity contribution in [3.8, 4) is 0 Å². The van der Waals surface area contributed by atoms with Gasteiger partial charge < -0.3 is 5.32 Å². The van der Waals surface area contributed by atoms with Crippen molar-refractivity contribution in [2.75, 3.05) is 13.6 Å². The molecule has 94 valence electrons. The molecule has 2 rings (SSSR count). The third-order valence-electron chi connectivity index (χ3n) is 3.00. The Kier molecular flexibility index (Phi) is 3.40. The van der Waals surface area contributed by atoms with Gasteiger partial charge in [0, 0.05) is 18.3 Å². The number of rotatable bonds is 5. The Balaban J connectivity index is 2.12. The van der Waals surface area contributed by atoms with Gasteiger partial charge in [0.05, 0.1) is 0 Å². The van der Waals surface area contributed by atoms with E-state index >= 15 is 0 Å². The van der Waals surface area contributed by atoms with Crippen molar-refractivity contribution in [2.45, 2.75) is 23.3 Å². The number of likely N-dealkylation sites (N-methyl/N-ethyl adjacent to an activating group) is 1. The smallest absolute Gasteiger partial charge is 0.243 e. The molecule has 0 aromatic carbocycles. The minimum absolute atomic E-state index is 0.00527. The Bertz CT molecular complexity index is 514. The summed E-state index contributed by atoms with van der Waals surface area (Å²) in [7, 11) is -1.75. The van der Waals surface area contributed by atoms with Crippen molar-refractivity contribution in [1.29, 1.82) is 0 Å². The standard InChI is InChI=1S/C10H14ClN3O2S/c1-12-10(4-5-10)7-14-17(15,16)8-3-2-6-13-9(8)11/h2-3,6,12,14H,4-5,7H2,1H3. The Morgan fingerprint density at radius 1 is 1.53 bits per heavy atom. The third-order valence-corrected chi connectivity index (χ3v) is 4.84. The van der Waals surface area contributed by atoms with Gasteiger partial charge in [-0.1, -0.05) is 11.6 Å². The van der Waals surface area contributed by atoms with Gasteiger partial charge in [-0.05, 0) is 32.0 Å². The number of nitrogens with one attached hydrogen (secondary N) is 2. The van der Waals surface area contributed by atoms with E-state index in [2.05, 4.69) is 15.0 Å². The van der Waals surface area contributed by atoms with Gasteiger partial charge in [-0.2, -0.15) is 0 Å². The minimum atomic E-state index is -3.58. The number of hydrogen-bond donors (Lipinski definition) is 2. The molecule has 1 saturated carbocycles. The van der Waals surface area contributed by atoms with E-state index in [1.165, 1.54) is 12.3 Å². The molecule has 0 radical (unpaired) electrons. The SMILES string of the molecule is CNC1(CNS(=O)(=O)c2cccnc2Cl)CC1. The molecule has 1 aliphatic rings. The highest BCUT2D eigenvalue weighted by Gasteiger charge is 2.41. The predicted octanol–water partition coefficient (Wildman–Crippen LogP) is 0.765. The zero-order valence-corrected chi connectivity index (χ0v) is 11.0. The number of nitrogens with zero attached hydrogens (tertiary/aromatic N) is 1. The lowest BCUT2D eigenvalue weighted by Crippen LogP contribution is -2.41. The van der Waals surface area contributed by atoms with Crippen molar-refractivity contribution < 1.29 is 8.42 Å². The fourth-order valence-corrected chi connectivity index (χ4v) is 3.13. The molecule has 1 aromatic heterocycles. The molecule has 1 aromatic rings. The maximum atomic E-state index is 12.0. The maximum absolute atomic E-state index is 12.0. The van der Waals surface area contributed by atoms with Crippen molar-refractivity contribution in [1.82, 2.24) is 15.0 Å². The van der Waals surface area contributed by atoms with E-state index in [4.69, 9.17) is 11.6 Å². The van der Waals surface area contributed by atoms with Crippen LogP contribution in [0.5, 0.6) is 0 Å². The summed E-state index contributed by atoms with van der Waals surface area (Å²) in [6.45, 7) is 0.372. The first kappa shape index (κ1) is 12.8. The van der Waals surface area contributed by atoms with Crippen LogP contribution in [0.3, 0.4) is 0 Å². The quantitative estimate of drug-likeness (QED) is 0.779. The van der Waals surface area contributed by atoms with Gasteiger partial charge in [-0.3, -0.25) is 0 Å². The van der Waals surface area contributed by atoms with Gasteiger partial charge in [0.1, 0.15) is 10.0 Å². The lowest BCUT2D eigenvalue weighted by molar-refractivity contribution is 0.522. The van der Waals surface area contributed by atoms with Crippen molar-refractivity contribution in [3.63, 3.8) is 0 Å². The molecule has 0 bridgehead atoms. The number of halogens is 1. The molecule has 0 saturated heterocycles. The topological polar surface area (TPSA) is 71.1 Å². The van der Waals surface area contributed by atoms with Crippen molar-refractivity contribution in [2.24, 2.45) is 0 Å². The van der Waals surface area contributed by atoms with E-state index in [0.29, 0.717) is 6.54 Å². The second kappa shape index (κ2) is 4.53. The van der Waals surface area contributed by atoms with E-state index in [1.807, 2.05) is 7.05 Å². The van der Waals surface area contributed by atoms with Gasteiger partial charge in [-0.25, -0.2) is 18.1 Å². The molecule has 0 unspecified atom stereocenters. The third kappa shape index (κ3) is 2.77.